The zero-order valence-corrected chi connectivity index (χ0v) is 18.8. The highest BCUT2D eigenvalue weighted by Crippen LogP contribution is 2.23. The summed E-state index contributed by atoms with van der Waals surface area (Å²) in [6, 6.07) is 18.7. The molecule has 4 aromatic rings. The van der Waals surface area contributed by atoms with Crippen LogP contribution in [0.25, 0.3) is 22.4 Å². The summed E-state index contributed by atoms with van der Waals surface area (Å²) in [5.41, 5.74) is 11.8. The van der Waals surface area contributed by atoms with Crippen molar-refractivity contribution in [3.8, 4) is 17.1 Å². The fraction of sp³-hybridized carbons (Fsp3) is 0.125. The van der Waals surface area contributed by atoms with E-state index in [-0.39, 0.29) is 11.0 Å². The molecule has 3 aromatic carbocycles. The number of carbonyl (C=O) groups excluding carboxylic acids is 1. The van der Waals surface area contributed by atoms with Crippen molar-refractivity contribution in [2.75, 3.05) is 12.4 Å². The van der Waals surface area contributed by atoms with E-state index < -0.39 is 0 Å². The summed E-state index contributed by atoms with van der Waals surface area (Å²) in [4.78, 5) is 20.5. The third-order valence-electron chi connectivity index (χ3n) is 5.16. The van der Waals surface area contributed by atoms with Gasteiger partial charge in [-0.15, -0.1) is 0 Å². The first-order chi connectivity index (χ1) is 15.4. The normalized spacial score (nSPS) is 10.6. The molecule has 0 saturated heterocycles. The topological polar surface area (TPSA) is 91.1 Å². The van der Waals surface area contributed by atoms with E-state index in [0.29, 0.717) is 5.56 Å². The van der Waals surface area contributed by atoms with Gasteiger partial charge in [0.15, 0.2) is 5.11 Å². The first-order valence-electron chi connectivity index (χ1n) is 10.0. The van der Waals surface area contributed by atoms with Crippen molar-refractivity contribution in [2.45, 2.75) is 13.8 Å². The smallest absolute Gasteiger partial charge is 0.269 e. The fourth-order valence-corrected chi connectivity index (χ4v) is 3.38. The van der Waals surface area contributed by atoms with Gasteiger partial charge in [-0.05, 0) is 85.7 Å². The number of hydrazine groups is 1. The Morgan fingerprint density at radius 3 is 2.34 bits per heavy atom. The number of ether oxygens (including phenoxy) is 1. The average Bonchev–Trinajstić information content (AvgIpc) is 3.21. The van der Waals surface area contributed by atoms with Crippen LogP contribution in [0.1, 0.15) is 21.5 Å². The highest BCUT2D eigenvalue weighted by molar-refractivity contribution is 7.80. The van der Waals surface area contributed by atoms with Crippen LogP contribution >= 0.6 is 12.2 Å². The Bertz CT molecular complexity index is 1240. The van der Waals surface area contributed by atoms with Crippen LogP contribution in [0.3, 0.4) is 0 Å². The molecule has 0 spiro atoms. The molecular weight excluding hydrogens is 422 g/mol. The van der Waals surface area contributed by atoms with Crippen LogP contribution in [0.5, 0.6) is 5.75 Å². The second-order valence-electron chi connectivity index (χ2n) is 7.38. The van der Waals surface area contributed by atoms with Gasteiger partial charge in [-0.2, -0.15) is 0 Å². The molecule has 1 amide bonds. The minimum atomic E-state index is -0.300. The van der Waals surface area contributed by atoms with Crippen LogP contribution in [-0.4, -0.2) is 28.1 Å². The van der Waals surface area contributed by atoms with E-state index in [1.807, 2.05) is 36.4 Å². The minimum absolute atomic E-state index is 0.271. The summed E-state index contributed by atoms with van der Waals surface area (Å²) in [6.45, 7) is 4.15. The van der Waals surface area contributed by atoms with E-state index >= 15 is 0 Å². The van der Waals surface area contributed by atoms with Gasteiger partial charge in [0, 0.05) is 16.8 Å². The first kappa shape index (κ1) is 21.3. The lowest BCUT2D eigenvalue weighted by molar-refractivity contribution is 0.0944. The Labute approximate surface area is 191 Å². The van der Waals surface area contributed by atoms with Gasteiger partial charge in [0.2, 0.25) is 0 Å². The van der Waals surface area contributed by atoms with Crippen molar-refractivity contribution in [3.05, 3.63) is 77.4 Å². The quantitative estimate of drug-likeness (QED) is 0.273. The molecule has 0 atom stereocenters. The standard InChI is InChI=1S/C24H23N5O2S/c1-14-12-20-21(13-15(14)2)27-22(26-20)16-4-6-17(7-5-16)23(30)28-29-24(32)25-18-8-10-19(31-3)11-9-18/h4-13H,1-3H3,(H,26,27)(H,28,30)(H2,25,29,32). The molecule has 0 aliphatic carbocycles. The molecule has 0 aliphatic rings. The lowest BCUT2D eigenvalue weighted by atomic mass is 10.1. The predicted octanol–water partition coefficient (Wildman–Crippen LogP) is 4.49. The number of imidazole rings is 1. The van der Waals surface area contributed by atoms with Gasteiger partial charge in [-0.1, -0.05) is 12.1 Å². The number of nitrogens with zero attached hydrogens (tertiary/aromatic N) is 1. The Kier molecular flexibility index (Phi) is 6.04. The number of aryl methyl sites for hydroxylation is 2. The van der Waals surface area contributed by atoms with E-state index in [0.717, 1.165) is 33.9 Å². The maximum Gasteiger partial charge on any atom is 0.269 e. The van der Waals surface area contributed by atoms with Gasteiger partial charge in [0.25, 0.3) is 5.91 Å². The third-order valence-corrected chi connectivity index (χ3v) is 5.36. The van der Waals surface area contributed by atoms with Crippen molar-refractivity contribution in [2.24, 2.45) is 0 Å². The van der Waals surface area contributed by atoms with Crippen LogP contribution in [0.15, 0.2) is 60.7 Å². The highest BCUT2D eigenvalue weighted by Gasteiger charge is 2.10. The molecule has 162 valence electrons. The van der Waals surface area contributed by atoms with Crippen LogP contribution in [0, 0.1) is 13.8 Å². The number of methoxy groups -OCH3 is 1. The lowest BCUT2D eigenvalue weighted by Gasteiger charge is -2.12. The Morgan fingerprint density at radius 2 is 1.66 bits per heavy atom. The van der Waals surface area contributed by atoms with Gasteiger partial charge in [-0.25, -0.2) is 4.98 Å². The summed E-state index contributed by atoms with van der Waals surface area (Å²) < 4.78 is 5.12. The lowest BCUT2D eigenvalue weighted by Crippen LogP contribution is -2.43. The molecule has 4 rings (SSSR count). The zero-order chi connectivity index (χ0) is 22.7. The Morgan fingerprint density at radius 1 is 0.969 bits per heavy atom. The molecule has 0 radical (unpaired) electrons. The summed E-state index contributed by atoms with van der Waals surface area (Å²) in [5, 5.41) is 3.26. The van der Waals surface area contributed by atoms with Crippen LogP contribution in [-0.2, 0) is 0 Å². The number of rotatable bonds is 4. The van der Waals surface area contributed by atoms with Crippen molar-refractivity contribution in [1.82, 2.24) is 20.8 Å². The number of aromatic amines is 1. The van der Waals surface area contributed by atoms with Gasteiger partial charge in [0.05, 0.1) is 18.1 Å². The van der Waals surface area contributed by atoms with Gasteiger partial charge < -0.3 is 15.0 Å². The number of benzene rings is 3. The molecule has 0 saturated carbocycles. The van der Waals surface area contributed by atoms with Crippen LogP contribution in [0.2, 0.25) is 0 Å². The number of anilines is 1. The van der Waals surface area contributed by atoms with Crippen LogP contribution < -0.4 is 20.9 Å². The molecular formula is C24H23N5O2S. The number of amides is 1. The molecule has 0 fully saturated rings. The van der Waals surface area contributed by atoms with Gasteiger partial charge >= 0.3 is 0 Å². The van der Waals surface area contributed by atoms with Crippen molar-refractivity contribution >= 4 is 40.0 Å². The number of fused-ring (bicyclic) bond motifs is 1. The third kappa shape index (κ3) is 4.70. The SMILES string of the molecule is COc1ccc(NC(=S)NNC(=O)c2ccc(-c3nc4cc(C)c(C)cc4[nH]3)cc2)cc1. The maximum absolute atomic E-state index is 12.4. The number of carbonyl (C=O) groups is 1. The minimum Gasteiger partial charge on any atom is -0.497 e. The maximum atomic E-state index is 12.4. The summed E-state index contributed by atoms with van der Waals surface area (Å²) in [7, 11) is 1.61. The van der Waals surface area contributed by atoms with E-state index in [9.17, 15) is 4.79 Å². The second-order valence-corrected chi connectivity index (χ2v) is 7.79. The summed E-state index contributed by atoms with van der Waals surface area (Å²) in [6.07, 6.45) is 0. The molecule has 1 aromatic heterocycles. The molecule has 4 N–H and O–H groups in total. The number of aromatic nitrogens is 2. The molecule has 1 heterocycles. The van der Waals surface area contributed by atoms with E-state index in [1.165, 1.54) is 11.1 Å². The molecule has 32 heavy (non-hydrogen) atoms. The van der Waals surface area contributed by atoms with Gasteiger partial charge in [0.1, 0.15) is 11.6 Å². The monoisotopic (exact) mass is 445 g/mol. The van der Waals surface area contributed by atoms with Gasteiger partial charge in [-0.3, -0.25) is 15.6 Å². The number of hydrogen-bond acceptors (Lipinski definition) is 4. The van der Waals surface area contributed by atoms with Crippen LogP contribution in [0.4, 0.5) is 5.69 Å². The second kappa shape index (κ2) is 9.07. The van der Waals surface area contributed by atoms with E-state index in [1.54, 1.807) is 19.2 Å². The molecule has 0 bridgehead atoms. The molecule has 7 nitrogen and oxygen atoms in total. The zero-order valence-electron chi connectivity index (χ0n) is 17.9. The number of nitrogens with one attached hydrogen (secondary N) is 4. The number of H-pyrrole nitrogens is 1. The highest BCUT2D eigenvalue weighted by atomic mass is 32.1. The summed E-state index contributed by atoms with van der Waals surface area (Å²) >= 11 is 5.22. The number of thiocarbonyl (C=S) groups is 1. The van der Waals surface area contributed by atoms with Crippen molar-refractivity contribution < 1.29 is 9.53 Å². The average molecular weight is 446 g/mol. The van der Waals surface area contributed by atoms with E-state index in [4.69, 9.17) is 17.0 Å². The number of hydrogen-bond donors (Lipinski definition) is 4. The molecule has 0 aliphatic heterocycles. The van der Waals surface area contributed by atoms with E-state index in [2.05, 4.69) is 52.1 Å². The molecule has 0 unspecified atom stereocenters. The summed E-state index contributed by atoms with van der Waals surface area (Å²) in [5.74, 6) is 1.21. The largest absolute Gasteiger partial charge is 0.497 e. The van der Waals surface area contributed by atoms with Crippen molar-refractivity contribution in [1.29, 1.82) is 0 Å². The predicted molar refractivity (Wildman–Crippen MR) is 131 cm³/mol. The first-order valence-corrected chi connectivity index (χ1v) is 10.4. The Hall–Kier alpha value is -3.91. The Balaban J connectivity index is 1.37. The molecule has 8 heteroatoms. The fourth-order valence-electron chi connectivity index (χ4n) is 3.21. The van der Waals surface area contributed by atoms with Crippen molar-refractivity contribution in [3.63, 3.8) is 0 Å².